The minimum absolute atomic E-state index is 0.208. The molecule has 120 valence electrons. The van der Waals surface area contributed by atoms with Gasteiger partial charge in [0.25, 0.3) is 0 Å². The van der Waals surface area contributed by atoms with Crippen molar-refractivity contribution in [1.82, 2.24) is 0 Å². The van der Waals surface area contributed by atoms with Gasteiger partial charge in [0, 0.05) is 5.92 Å². The Labute approximate surface area is 136 Å². The number of ether oxygens (including phenoxy) is 1. The van der Waals surface area contributed by atoms with Crippen LogP contribution in [0.5, 0.6) is 11.5 Å². The van der Waals surface area contributed by atoms with E-state index in [1.54, 1.807) is 12.1 Å². The zero-order valence-corrected chi connectivity index (χ0v) is 13.1. The molecular formula is C20H22O3. The molecule has 1 heterocycles. The largest absolute Gasteiger partial charge is 0.508 e. The molecule has 1 fully saturated rings. The molecule has 3 heteroatoms. The molecule has 0 amide bonds. The van der Waals surface area contributed by atoms with Crippen molar-refractivity contribution in [3.05, 3.63) is 48.0 Å². The normalized spacial score (nSPS) is 26.6. The summed E-state index contributed by atoms with van der Waals surface area (Å²) in [6.07, 6.45) is 5.12. The number of aliphatic hydroxyl groups excluding tert-OH is 1. The SMILES string of the molecule is Oc1ccc(-c2ccc3c(c2)C2CCCCCC2C(O)O3)cc1. The lowest BCUT2D eigenvalue weighted by Gasteiger charge is -2.36. The highest BCUT2D eigenvalue weighted by Gasteiger charge is 2.37. The van der Waals surface area contributed by atoms with Gasteiger partial charge in [0.2, 0.25) is 6.29 Å². The zero-order valence-electron chi connectivity index (χ0n) is 13.1. The second-order valence-corrected chi connectivity index (χ2v) is 6.72. The quantitative estimate of drug-likeness (QED) is 0.819. The fraction of sp³-hybridized carbons (Fsp3) is 0.400. The summed E-state index contributed by atoms with van der Waals surface area (Å²) in [5, 5.41) is 19.8. The van der Waals surface area contributed by atoms with E-state index in [-0.39, 0.29) is 11.7 Å². The molecule has 2 aromatic rings. The minimum atomic E-state index is -0.676. The van der Waals surface area contributed by atoms with Crippen LogP contribution in [0.3, 0.4) is 0 Å². The Kier molecular flexibility index (Phi) is 3.74. The molecule has 3 nitrogen and oxygen atoms in total. The Morgan fingerprint density at radius 3 is 2.43 bits per heavy atom. The zero-order chi connectivity index (χ0) is 15.8. The molecule has 23 heavy (non-hydrogen) atoms. The monoisotopic (exact) mass is 310 g/mol. The van der Waals surface area contributed by atoms with Gasteiger partial charge >= 0.3 is 0 Å². The third-order valence-corrected chi connectivity index (χ3v) is 5.29. The van der Waals surface area contributed by atoms with Crippen LogP contribution < -0.4 is 4.74 Å². The standard InChI is InChI=1S/C20H22O3/c21-15-9-6-13(7-10-15)14-8-11-19-18(12-14)16-4-2-1-3-5-17(16)20(22)23-19/h6-12,16-17,20-22H,1-5H2. The van der Waals surface area contributed by atoms with Crippen molar-refractivity contribution in [1.29, 1.82) is 0 Å². The number of benzene rings is 2. The first-order chi connectivity index (χ1) is 11.2. The van der Waals surface area contributed by atoms with Gasteiger partial charge in [-0.15, -0.1) is 0 Å². The highest BCUT2D eigenvalue weighted by atomic mass is 16.6. The van der Waals surface area contributed by atoms with Crippen LogP contribution in [0.4, 0.5) is 0 Å². The molecule has 0 bridgehead atoms. The smallest absolute Gasteiger partial charge is 0.200 e. The van der Waals surface area contributed by atoms with Crippen LogP contribution in [0.1, 0.15) is 43.6 Å². The predicted octanol–water partition coefficient (Wildman–Crippen LogP) is 4.43. The summed E-state index contributed by atoms with van der Waals surface area (Å²) in [6.45, 7) is 0. The van der Waals surface area contributed by atoms with Crippen LogP contribution >= 0.6 is 0 Å². The number of hydrogen-bond donors (Lipinski definition) is 2. The number of fused-ring (bicyclic) bond motifs is 3. The molecule has 2 N–H and O–H groups in total. The predicted molar refractivity (Wildman–Crippen MR) is 89.5 cm³/mol. The molecule has 1 aliphatic heterocycles. The Morgan fingerprint density at radius 1 is 0.870 bits per heavy atom. The minimum Gasteiger partial charge on any atom is -0.508 e. The average molecular weight is 310 g/mol. The molecular weight excluding hydrogens is 288 g/mol. The Morgan fingerprint density at radius 2 is 1.61 bits per heavy atom. The van der Waals surface area contributed by atoms with Crippen LogP contribution in [-0.2, 0) is 0 Å². The first-order valence-corrected chi connectivity index (χ1v) is 8.50. The molecule has 0 aromatic heterocycles. The van der Waals surface area contributed by atoms with Gasteiger partial charge in [-0.2, -0.15) is 0 Å². The van der Waals surface area contributed by atoms with E-state index in [0.29, 0.717) is 5.92 Å². The van der Waals surface area contributed by atoms with Crippen LogP contribution in [-0.4, -0.2) is 16.5 Å². The maximum absolute atomic E-state index is 10.3. The summed E-state index contributed by atoms with van der Waals surface area (Å²) in [7, 11) is 0. The van der Waals surface area contributed by atoms with Crippen LogP contribution in [0.15, 0.2) is 42.5 Å². The molecule has 0 saturated heterocycles. The number of aromatic hydroxyl groups is 1. The Bertz CT molecular complexity index is 693. The first-order valence-electron chi connectivity index (χ1n) is 8.50. The van der Waals surface area contributed by atoms with Crippen molar-refractivity contribution >= 4 is 0 Å². The summed E-state index contributed by atoms with van der Waals surface area (Å²) < 4.78 is 5.78. The van der Waals surface area contributed by atoms with E-state index in [0.717, 1.165) is 29.7 Å². The van der Waals surface area contributed by atoms with Gasteiger partial charge in [-0.05, 0) is 59.7 Å². The fourth-order valence-corrected chi connectivity index (χ4v) is 4.06. The van der Waals surface area contributed by atoms with E-state index in [9.17, 15) is 10.2 Å². The summed E-state index contributed by atoms with van der Waals surface area (Å²) in [6, 6.07) is 13.5. The summed E-state index contributed by atoms with van der Waals surface area (Å²) in [5.74, 6) is 1.69. The summed E-state index contributed by atoms with van der Waals surface area (Å²) >= 11 is 0. The van der Waals surface area contributed by atoms with Crippen LogP contribution in [0.2, 0.25) is 0 Å². The van der Waals surface area contributed by atoms with E-state index in [1.807, 2.05) is 24.3 Å². The van der Waals surface area contributed by atoms with Crippen molar-refractivity contribution in [2.75, 3.05) is 0 Å². The maximum Gasteiger partial charge on any atom is 0.200 e. The van der Waals surface area contributed by atoms with E-state index in [2.05, 4.69) is 6.07 Å². The molecule has 3 atom stereocenters. The lowest BCUT2D eigenvalue weighted by Crippen LogP contribution is -2.35. The lowest BCUT2D eigenvalue weighted by atomic mass is 9.79. The molecule has 2 aromatic carbocycles. The lowest BCUT2D eigenvalue weighted by molar-refractivity contribution is -0.0848. The fourth-order valence-electron chi connectivity index (χ4n) is 4.06. The van der Waals surface area contributed by atoms with Gasteiger partial charge in [0.05, 0.1) is 0 Å². The van der Waals surface area contributed by atoms with Crippen LogP contribution in [0.25, 0.3) is 11.1 Å². The van der Waals surface area contributed by atoms with Gasteiger partial charge in [0.1, 0.15) is 11.5 Å². The van der Waals surface area contributed by atoms with Gasteiger partial charge in [0.15, 0.2) is 0 Å². The number of aliphatic hydroxyl groups is 1. The second kappa shape index (κ2) is 5.89. The molecule has 0 radical (unpaired) electrons. The Hall–Kier alpha value is -2.00. The van der Waals surface area contributed by atoms with Crippen molar-refractivity contribution in [2.24, 2.45) is 5.92 Å². The van der Waals surface area contributed by atoms with E-state index in [4.69, 9.17) is 4.74 Å². The molecule has 3 unspecified atom stereocenters. The number of phenolic OH excluding ortho intramolecular Hbond substituents is 1. The summed E-state index contributed by atoms with van der Waals surface area (Å²) in [5.41, 5.74) is 3.45. The topological polar surface area (TPSA) is 49.7 Å². The second-order valence-electron chi connectivity index (χ2n) is 6.72. The molecule has 0 spiro atoms. The van der Waals surface area contributed by atoms with E-state index >= 15 is 0 Å². The van der Waals surface area contributed by atoms with Crippen molar-refractivity contribution in [3.63, 3.8) is 0 Å². The third kappa shape index (κ3) is 2.70. The van der Waals surface area contributed by atoms with Gasteiger partial charge in [-0.25, -0.2) is 0 Å². The number of hydrogen-bond acceptors (Lipinski definition) is 3. The molecule has 1 aliphatic carbocycles. The Balaban J connectivity index is 1.75. The van der Waals surface area contributed by atoms with Crippen LogP contribution in [0, 0.1) is 5.92 Å². The third-order valence-electron chi connectivity index (χ3n) is 5.29. The molecule has 4 rings (SSSR count). The molecule has 1 saturated carbocycles. The number of rotatable bonds is 1. The molecule has 2 aliphatic rings. The van der Waals surface area contributed by atoms with Gasteiger partial charge in [-0.1, -0.05) is 37.5 Å². The van der Waals surface area contributed by atoms with E-state index < -0.39 is 6.29 Å². The first kappa shape index (κ1) is 14.6. The van der Waals surface area contributed by atoms with Gasteiger partial charge in [-0.3, -0.25) is 0 Å². The van der Waals surface area contributed by atoms with Gasteiger partial charge < -0.3 is 14.9 Å². The van der Waals surface area contributed by atoms with Crippen molar-refractivity contribution in [2.45, 2.75) is 44.3 Å². The maximum atomic E-state index is 10.3. The highest BCUT2D eigenvalue weighted by Crippen LogP contribution is 2.47. The van der Waals surface area contributed by atoms with E-state index in [1.165, 1.54) is 24.8 Å². The van der Waals surface area contributed by atoms with Crippen molar-refractivity contribution in [3.8, 4) is 22.6 Å². The van der Waals surface area contributed by atoms with Crippen molar-refractivity contribution < 1.29 is 14.9 Å². The highest BCUT2D eigenvalue weighted by molar-refractivity contribution is 5.67. The average Bonchev–Trinajstić information content (AvgIpc) is 2.82. The number of phenols is 1. The summed E-state index contributed by atoms with van der Waals surface area (Å²) in [4.78, 5) is 0.